The lowest BCUT2D eigenvalue weighted by Gasteiger charge is -2.50. The van der Waals surface area contributed by atoms with Gasteiger partial charge in [0.2, 0.25) is 0 Å². The minimum atomic E-state index is 0.218. The molecular formula is C22H28N2O. The van der Waals surface area contributed by atoms with Crippen LogP contribution in [-0.2, 0) is 11.8 Å². The Balaban J connectivity index is 1.72. The van der Waals surface area contributed by atoms with E-state index in [0.717, 1.165) is 18.7 Å². The van der Waals surface area contributed by atoms with Crippen molar-refractivity contribution in [1.82, 2.24) is 5.32 Å². The van der Waals surface area contributed by atoms with E-state index in [1.807, 2.05) is 0 Å². The summed E-state index contributed by atoms with van der Waals surface area (Å²) in [6, 6.07) is 16.1. The molecule has 2 aliphatic rings. The van der Waals surface area contributed by atoms with Crippen LogP contribution in [0.2, 0.25) is 0 Å². The van der Waals surface area contributed by atoms with Gasteiger partial charge in [-0.25, -0.2) is 0 Å². The molecular weight excluding hydrogens is 308 g/mol. The van der Waals surface area contributed by atoms with Crippen LogP contribution in [-0.4, -0.2) is 19.7 Å². The van der Waals surface area contributed by atoms with Crippen LogP contribution < -0.4 is 15.8 Å². The van der Waals surface area contributed by atoms with Gasteiger partial charge in [-0.1, -0.05) is 42.3 Å². The fraction of sp³-hybridized carbons (Fsp3) is 0.455. The van der Waals surface area contributed by atoms with E-state index in [1.165, 1.54) is 41.5 Å². The summed E-state index contributed by atoms with van der Waals surface area (Å²) in [7, 11) is 0. The normalized spacial score (nSPS) is 21.3. The molecule has 0 radical (unpaired) electrons. The van der Waals surface area contributed by atoms with Gasteiger partial charge in [-0.2, -0.15) is 0 Å². The zero-order chi connectivity index (χ0) is 17.3. The highest BCUT2D eigenvalue weighted by molar-refractivity contribution is 5.45. The van der Waals surface area contributed by atoms with E-state index in [0.29, 0.717) is 19.2 Å². The first kappa shape index (κ1) is 16.6. The average molecular weight is 336 g/mol. The first-order valence-corrected chi connectivity index (χ1v) is 9.49. The molecule has 1 fully saturated rings. The van der Waals surface area contributed by atoms with Crippen LogP contribution in [0.25, 0.3) is 0 Å². The highest BCUT2D eigenvalue weighted by Crippen LogP contribution is 2.53. The molecule has 4 rings (SSSR count). The summed E-state index contributed by atoms with van der Waals surface area (Å²) < 4.78 is 5.80. The number of fused-ring (bicyclic) bond motifs is 1. The molecule has 0 saturated heterocycles. The second-order valence-corrected chi connectivity index (χ2v) is 7.51. The zero-order valence-electron chi connectivity index (χ0n) is 15.1. The molecule has 0 spiro atoms. The molecule has 3 heteroatoms. The predicted octanol–water partition coefficient (Wildman–Crippen LogP) is 3.64. The third-order valence-electron chi connectivity index (χ3n) is 5.98. The van der Waals surface area contributed by atoms with Gasteiger partial charge in [0.25, 0.3) is 0 Å². The predicted molar refractivity (Wildman–Crippen MR) is 102 cm³/mol. The summed E-state index contributed by atoms with van der Waals surface area (Å²) in [6.07, 6.45) is 4.90. The Morgan fingerprint density at radius 1 is 1.16 bits per heavy atom. The summed E-state index contributed by atoms with van der Waals surface area (Å²) in [5.41, 5.74) is 11.5. The molecule has 2 aromatic carbocycles. The van der Waals surface area contributed by atoms with Crippen LogP contribution in [0.1, 0.15) is 47.6 Å². The highest BCUT2D eigenvalue weighted by atomic mass is 16.5. The molecule has 2 aromatic rings. The zero-order valence-corrected chi connectivity index (χ0v) is 15.1. The van der Waals surface area contributed by atoms with Gasteiger partial charge < -0.3 is 15.8 Å². The maximum Gasteiger partial charge on any atom is 0.119 e. The number of rotatable bonds is 5. The Morgan fingerprint density at radius 2 is 1.96 bits per heavy atom. The van der Waals surface area contributed by atoms with Gasteiger partial charge in [-0.3, -0.25) is 0 Å². The van der Waals surface area contributed by atoms with Gasteiger partial charge in [-0.15, -0.1) is 0 Å². The van der Waals surface area contributed by atoms with Gasteiger partial charge in [0, 0.05) is 18.0 Å². The van der Waals surface area contributed by atoms with Gasteiger partial charge >= 0.3 is 0 Å². The van der Waals surface area contributed by atoms with Crippen LogP contribution in [0.3, 0.4) is 0 Å². The van der Waals surface area contributed by atoms with Crippen molar-refractivity contribution < 1.29 is 4.74 Å². The summed E-state index contributed by atoms with van der Waals surface area (Å²) >= 11 is 0. The van der Waals surface area contributed by atoms with Crippen LogP contribution >= 0.6 is 0 Å². The van der Waals surface area contributed by atoms with E-state index in [4.69, 9.17) is 10.5 Å². The summed E-state index contributed by atoms with van der Waals surface area (Å²) in [5.74, 6) is 0.941. The van der Waals surface area contributed by atoms with Crippen molar-refractivity contribution in [1.29, 1.82) is 0 Å². The maximum absolute atomic E-state index is 5.80. The van der Waals surface area contributed by atoms with Crippen molar-refractivity contribution in [2.75, 3.05) is 19.7 Å². The fourth-order valence-electron chi connectivity index (χ4n) is 4.48. The van der Waals surface area contributed by atoms with Crippen LogP contribution in [0.15, 0.2) is 42.5 Å². The molecule has 0 bridgehead atoms. The van der Waals surface area contributed by atoms with E-state index in [1.54, 1.807) is 0 Å². The number of nitrogens with two attached hydrogens (primary N) is 1. The molecule has 132 valence electrons. The monoisotopic (exact) mass is 336 g/mol. The molecule has 1 saturated carbocycles. The third-order valence-corrected chi connectivity index (χ3v) is 5.98. The smallest absolute Gasteiger partial charge is 0.119 e. The lowest BCUT2D eigenvalue weighted by Crippen LogP contribution is -2.49. The van der Waals surface area contributed by atoms with Crippen molar-refractivity contribution in [2.45, 2.75) is 44.1 Å². The molecule has 25 heavy (non-hydrogen) atoms. The summed E-state index contributed by atoms with van der Waals surface area (Å²) in [4.78, 5) is 0. The van der Waals surface area contributed by atoms with Gasteiger partial charge in [0.05, 0.1) is 0 Å². The van der Waals surface area contributed by atoms with E-state index >= 15 is 0 Å². The van der Waals surface area contributed by atoms with Crippen LogP contribution in [0.5, 0.6) is 5.75 Å². The van der Waals surface area contributed by atoms with Crippen molar-refractivity contribution in [3.8, 4) is 5.75 Å². The Labute approximate surface area is 150 Å². The van der Waals surface area contributed by atoms with Crippen LogP contribution in [0.4, 0.5) is 0 Å². The fourth-order valence-corrected chi connectivity index (χ4v) is 4.48. The van der Waals surface area contributed by atoms with Crippen LogP contribution in [0, 0.1) is 6.92 Å². The number of ether oxygens (including phenoxy) is 1. The maximum atomic E-state index is 5.80. The lowest BCUT2D eigenvalue weighted by atomic mass is 9.58. The van der Waals surface area contributed by atoms with Gasteiger partial charge in [0.15, 0.2) is 0 Å². The van der Waals surface area contributed by atoms with Crippen molar-refractivity contribution in [3.05, 3.63) is 64.7 Å². The first-order chi connectivity index (χ1) is 12.2. The largest absolute Gasteiger partial charge is 0.492 e. The number of benzene rings is 2. The molecule has 1 heterocycles. The average Bonchev–Trinajstić information content (AvgIpc) is 2.61. The summed E-state index contributed by atoms with van der Waals surface area (Å²) in [6.45, 7) is 4.33. The number of aryl methyl sites for hydroxylation is 1. The molecule has 1 atom stereocenters. The standard InChI is InChI=1S/C22H28N2O/c1-16-3-6-18(7-4-16)22(10-2-11-22)21-20-15-19(25-14-12-23)8-5-17(20)9-13-24-21/h3-8,15,21,24H,2,9-14,23H2,1H3. The number of hydrogen-bond donors (Lipinski definition) is 2. The van der Waals surface area contributed by atoms with E-state index < -0.39 is 0 Å². The lowest BCUT2D eigenvalue weighted by molar-refractivity contribution is 0.164. The Morgan fingerprint density at radius 3 is 2.64 bits per heavy atom. The third kappa shape index (κ3) is 2.96. The first-order valence-electron chi connectivity index (χ1n) is 9.49. The summed E-state index contributed by atoms with van der Waals surface area (Å²) in [5, 5.41) is 3.83. The number of hydrogen-bond acceptors (Lipinski definition) is 3. The van der Waals surface area contributed by atoms with Crippen molar-refractivity contribution in [3.63, 3.8) is 0 Å². The minimum absolute atomic E-state index is 0.218. The van der Waals surface area contributed by atoms with Crippen molar-refractivity contribution >= 4 is 0 Å². The molecule has 3 nitrogen and oxygen atoms in total. The molecule has 0 amide bonds. The highest BCUT2D eigenvalue weighted by Gasteiger charge is 2.47. The quantitative estimate of drug-likeness (QED) is 0.876. The van der Waals surface area contributed by atoms with E-state index in [2.05, 4.69) is 54.7 Å². The molecule has 0 aromatic heterocycles. The Bertz CT molecular complexity index is 734. The van der Waals surface area contributed by atoms with E-state index in [9.17, 15) is 0 Å². The number of nitrogens with one attached hydrogen (secondary N) is 1. The molecule has 3 N–H and O–H groups in total. The Kier molecular flexibility index (Phi) is 4.53. The topological polar surface area (TPSA) is 47.3 Å². The van der Waals surface area contributed by atoms with Gasteiger partial charge in [0.1, 0.15) is 12.4 Å². The van der Waals surface area contributed by atoms with Gasteiger partial charge in [-0.05, 0) is 61.6 Å². The Hall–Kier alpha value is -1.84. The SMILES string of the molecule is Cc1ccc(C2(C3NCCc4ccc(OCCN)cc43)CCC2)cc1. The molecule has 1 unspecified atom stereocenters. The molecule has 1 aliphatic carbocycles. The molecule has 1 aliphatic heterocycles. The second-order valence-electron chi connectivity index (χ2n) is 7.51. The second kappa shape index (κ2) is 6.81. The van der Waals surface area contributed by atoms with Crippen molar-refractivity contribution in [2.24, 2.45) is 5.73 Å². The minimum Gasteiger partial charge on any atom is -0.492 e. The van der Waals surface area contributed by atoms with E-state index in [-0.39, 0.29) is 5.41 Å².